The Kier molecular flexibility index (Phi) is 2.25. The molecule has 1 aromatic carbocycles. The number of oxazole rings is 1. The number of hydrogen-bond donors (Lipinski definition) is 0. The zero-order valence-corrected chi connectivity index (χ0v) is 7.93. The molecule has 0 fully saturated rings. The number of halogens is 2. The van der Waals surface area contributed by atoms with Crippen molar-refractivity contribution in [3.8, 4) is 11.3 Å². The topological polar surface area (TPSA) is 26.0 Å². The molecule has 65 valence electrons. The van der Waals surface area contributed by atoms with E-state index in [9.17, 15) is 0 Å². The van der Waals surface area contributed by atoms with Crippen molar-refractivity contribution < 1.29 is 4.42 Å². The number of aromatic nitrogens is 1. The maximum absolute atomic E-state index is 5.81. The number of benzene rings is 1. The highest BCUT2D eigenvalue weighted by Gasteiger charge is 2.03. The van der Waals surface area contributed by atoms with Gasteiger partial charge in [-0.25, -0.2) is 4.98 Å². The minimum atomic E-state index is 0.568. The highest BCUT2D eigenvalue weighted by Crippen LogP contribution is 2.26. The lowest BCUT2D eigenvalue weighted by molar-refractivity contribution is 0.561. The van der Waals surface area contributed by atoms with Crippen LogP contribution in [0.4, 0.5) is 0 Å². The van der Waals surface area contributed by atoms with Gasteiger partial charge < -0.3 is 4.42 Å². The molecule has 1 radical (unpaired) electrons. The second-order valence-electron chi connectivity index (χ2n) is 2.47. The van der Waals surface area contributed by atoms with E-state index < -0.39 is 0 Å². The molecule has 0 unspecified atom stereocenters. The molecule has 0 saturated carbocycles. The molecule has 0 saturated heterocycles. The summed E-state index contributed by atoms with van der Waals surface area (Å²) in [4.78, 5) is 3.68. The third-order valence-corrected chi connectivity index (χ3v) is 1.97. The molecule has 0 aliphatic rings. The molecule has 0 N–H and O–H groups in total. The van der Waals surface area contributed by atoms with Gasteiger partial charge in [-0.05, 0) is 18.2 Å². The van der Waals surface area contributed by atoms with E-state index in [-0.39, 0.29) is 0 Å². The Labute approximate surface area is 85.1 Å². The van der Waals surface area contributed by atoms with Crippen molar-refractivity contribution in [1.29, 1.82) is 0 Å². The fraction of sp³-hybridized carbons (Fsp3) is 0. The van der Waals surface area contributed by atoms with E-state index in [1.54, 1.807) is 24.4 Å². The van der Waals surface area contributed by atoms with Gasteiger partial charge in [-0.3, -0.25) is 0 Å². The van der Waals surface area contributed by atoms with Crippen molar-refractivity contribution in [1.82, 2.24) is 4.98 Å². The van der Waals surface area contributed by atoms with Gasteiger partial charge in [-0.1, -0.05) is 23.2 Å². The summed E-state index contributed by atoms with van der Waals surface area (Å²) < 4.78 is 4.98. The first kappa shape index (κ1) is 8.60. The molecule has 1 heterocycles. The van der Waals surface area contributed by atoms with Crippen LogP contribution in [0.5, 0.6) is 0 Å². The Hall–Kier alpha value is -0.990. The van der Waals surface area contributed by atoms with Crippen LogP contribution in [0.1, 0.15) is 0 Å². The summed E-state index contributed by atoms with van der Waals surface area (Å²) in [6.45, 7) is 0. The quantitative estimate of drug-likeness (QED) is 0.724. The lowest BCUT2D eigenvalue weighted by Gasteiger charge is -1.97. The lowest BCUT2D eigenvalue weighted by atomic mass is 10.2. The van der Waals surface area contributed by atoms with E-state index in [2.05, 4.69) is 11.4 Å². The van der Waals surface area contributed by atoms with Crippen LogP contribution in [-0.2, 0) is 0 Å². The van der Waals surface area contributed by atoms with Gasteiger partial charge in [0, 0.05) is 15.6 Å². The first-order valence-corrected chi connectivity index (χ1v) is 4.29. The van der Waals surface area contributed by atoms with Gasteiger partial charge >= 0.3 is 0 Å². The Bertz CT molecular complexity index is 391. The molecule has 2 aromatic rings. The van der Waals surface area contributed by atoms with Crippen molar-refractivity contribution >= 4 is 23.2 Å². The molecule has 0 aliphatic heterocycles. The van der Waals surface area contributed by atoms with Crippen molar-refractivity contribution in [2.24, 2.45) is 0 Å². The first-order chi connectivity index (χ1) is 6.25. The summed E-state index contributed by atoms with van der Waals surface area (Å²) in [5.41, 5.74) is 0.797. The predicted molar refractivity (Wildman–Crippen MR) is 50.8 cm³/mol. The summed E-state index contributed by atoms with van der Waals surface area (Å²) >= 11 is 11.6. The summed E-state index contributed by atoms with van der Waals surface area (Å²) in [5, 5.41) is 1.14. The van der Waals surface area contributed by atoms with Crippen molar-refractivity contribution in [2.75, 3.05) is 0 Å². The van der Waals surface area contributed by atoms with Gasteiger partial charge in [0.15, 0.2) is 5.76 Å². The molecular weight excluding hydrogens is 209 g/mol. The van der Waals surface area contributed by atoms with Crippen LogP contribution < -0.4 is 0 Å². The molecule has 2 rings (SSSR count). The molecule has 4 heteroatoms. The molecular formula is C9H4Cl2NO. The van der Waals surface area contributed by atoms with Crippen LogP contribution in [0.3, 0.4) is 0 Å². The van der Waals surface area contributed by atoms with Crippen LogP contribution in [-0.4, -0.2) is 4.98 Å². The largest absolute Gasteiger partial charge is 0.432 e. The van der Waals surface area contributed by atoms with Gasteiger partial charge in [0.2, 0.25) is 0 Å². The Morgan fingerprint density at radius 3 is 2.38 bits per heavy atom. The average Bonchev–Trinajstić information content (AvgIpc) is 2.53. The smallest absolute Gasteiger partial charge is 0.284 e. The van der Waals surface area contributed by atoms with Gasteiger partial charge in [0.25, 0.3) is 6.39 Å². The van der Waals surface area contributed by atoms with E-state index in [4.69, 9.17) is 27.6 Å². The highest BCUT2D eigenvalue weighted by atomic mass is 35.5. The Morgan fingerprint density at radius 2 is 1.85 bits per heavy atom. The van der Waals surface area contributed by atoms with Gasteiger partial charge in [-0.2, -0.15) is 0 Å². The number of rotatable bonds is 1. The van der Waals surface area contributed by atoms with Crippen molar-refractivity contribution in [2.45, 2.75) is 0 Å². The molecule has 0 spiro atoms. The van der Waals surface area contributed by atoms with E-state index in [1.165, 1.54) is 0 Å². The maximum atomic E-state index is 5.81. The number of nitrogens with zero attached hydrogens (tertiary/aromatic N) is 1. The predicted octanol–water partition coefficient (Wildman–Crippen LogP) is 3.45. The van der Waals surface area contributed by atoms with Crippen LogP contribution in [0.15, 0.2) is 28.8 Å². The average molecular weight is 213 g/mol. The van der Waals surface area contributed by atoms with Gasteiger partial charge in [0.1, 0.15) is 0 Å². The minimum Gasteiger partial charge on any atom is -0.432 e. The molecule has 2 nitrogen and oxygen atoms in total. The second-order valence-corrected chi connectivity index (χ2v) is 3.35. The van der Waals surface area contributed by atoms with Crippen LogP contribution in [0.2, 0.25) is 10.0 Å². The fourth-order valence-corrected chi connectivity index (χ4v) is 1.54. The van der Waals surface area contributed by atoms with E-state index in [0.717, 1.165) is 5.56 Å². The van der Waals surface area contributed by atoms with E-state index in [1.807, 2.05) is 0 Å². The maximum Gasteiger partial charge on any atom is 0.284 e. The van der Waals surface area contributed by atoms with Crippen LogP contribution in [0.25, 0.3) is 11.3 Å². The summed E-state index contributed by atoms with van der Waals surface area (Å²) in [6, 6.07) is 5.16. The third kappa shape index (κ3) is 1.85. The zero-order chi connectivity index (χ0) is 9.26. The van der Waals surface area contributed by atoms with Crippen LogP contribution in [0, 0.1) is 6.39 Å². The second kappa shape index (κ2) is 3.40. The monoisotopic (exact) mass is 212 g/mol. The molecule has 0 atom stereocenters. The van der Waals surface area contributed by atoms with Gasteiger partial charge in [-0.15, -0.1) is 0 Å². The normalized spacial score (nSPS) is 10.3. The highest BCUT2D eigenvalue weighted by molar-refractivity contribution is 6.35. The standard InChI is InChI=1S/C9H4Cl2NO/c10-7-1-6(2-8(11)3-7)9-4-12-5-13-9/h1-4H. The summed E-state index contributed by atoms with van der Waals surface area (Å²) in [5.74, 6) is 0.601. The molecule has 0 aliphatic carbocycles. The van der Waals surface area contributed by atoms with Crippen LogP contribution >= 0.6 is 23.2 Å². The summed E-state index contributed by atoms with van der Waals surface area (Å²) in [7, 11) is 0. The summed E-state index contributed by atoms with van der Waals surface area (Å²) in [6.07, 6.45) is 3.91. The minimum absolute atomic E-state index is 0.568. The first-order valence-electron chi connectivity index (χ1n) is 3.54. The molecule has 1 aromatic heterocycles. The van der Waals surface area contributed by atoms with E-state index >= 15 is 0 Å². The lowest BCUT2D eigenvalue weighted by Crippen LogP contribution is -1.74. The SMILES string of the molecule is Clc1cc(Cl)cc(-c2cn[c]o2)c1. The Balaban J connectivity index is 2.53. The van der Waals surface area contributed by atoms with Gasteiger partial charge in [0.05, 0.1) is 6.20 Å². The zero-order valence-electron chi connectivity index (χ0n) is 6.42. The number of hydrogen-bond acceptors (Lipinski definition) is 2. The van der Waals surface area contributed by atoms with Crippen molar-refractivity contribution in [3.63, 3.8) is 0 Å². The van der Waals surface area contributed by atoms with E-state index in [0.29, 0.717) is 15.8 Å². The fourth-order valence-electron chi connectivity index (χ4n) is 1.02. The Morgan fingerprint density at radius 1 is 1.15 bits per heavy atom. The molecule has 13 heavy (non-hydrogen) atoms. The third-order valence-electron chi connectivity index (χ3n) is 1.54. The van der Waals surface area contributed by atoms with Crippen molar-refractivity contribution in [3.05, 3.63) is 40.8 Å². The molecule has 0 amide bonds. The molecule has 0 bridgehead atoms.